The van der Waals surface area contributed by atoms with Crippen molar-refractivity contribution in [2.24, 2.45) is 0 Å². The van der Waals surface area contributed by atoms with Gasteiger partial charge in [-0.15, -0.1) is 0 Å². The van der Waals surface area contributed by atoms with Crippen molar-refractivity contribution in [1.29, 1.82) is 0 Å². The second-order valence-electron chi connectivity index (χ2n) is 5.55. The molecule has 1 amide bonds. The second kappa shape index (κ2) is 9.21. The third-order valence-corrected chi connectivity index (χ3v) is 5.20. The predicted octanol–water partition coefficient (Wildman–Crippen LogP) is 1.43. The van der Waals surface area contributed by atoms with Crippen LogP contribution in [0.2, 0.25) is 0 Å². The molecule has 0 spiro atoms. The lowest BCUT2D eigenvalue weighted by Crippen LogP contribution is -2.34. The van der Waals surface area contributed by atoms with E-state index in [0.29, 0.717) is 17.7 Å². The molecule has 0 aliphatic carbocycles. The van der Waals surface area contributed by atoms with Gasteiger partial charge >= 0.3 is 0 Å². The zero-order chi connectivity index (χ0) is 19.0. The lowest BCUT2D eigenvalue weighted by atomic mass is 10.1. The molecule has 0 saturated carbocycles. The van der Waals surface area contributed by atoms with E-state index >= 15 is 0 Å². The molecule has 7 nitrogen and oxygen atoms in total. The van der Waals surface area contributed by atoms with E-state index in [0.717, 1.165) is 0 Å². The maximum atomic E-state index is 12.1. The molecule has 2 aromatic carbocycles. The standard InChI is InChI=1S/C18H22N2O5S/c1-25-15-7-9-16(10-8-15)26(23,24)20-13-12-19-18(22)11-6-14-4-2-3-5-17(14)21/h2-5,7-10,20-21H,6,11-13H2,1H3,(H,19,22). The summed E-state index contributed by atoms with van der Waals surface area (Å²) in [5.41, 5.74) is 0.697. The molecule has 2 rings (SSSR count). The molecule has 0 aliphatic heterocycles. The molecule has 140 valence electrons. The highest BCUT2D eigenvalue weighted by molar-refractivity contribution is 7.89. The third kappa shape index (κ3) is 5.75. The Bertz CT molecular complexity index is 835. The van der Waals surface area contributed by atoms with Gasteiger partial charge in [-0.1, -0.05) is 18.2 Å². The van der Waals surface area contributed by atoms with E-state index in [1.807, 2.05) is 0 Å². The highest BCUT2D eigenvalue weighted by Gasteiger charge is 2.13. The Morgan fingerprint density at radius 3 is 2.42 bits per heavy atom. The molecule has 3 N–H and O–H groups in total. The number of carbonyl (C=O) groups excluding carboxylic acids is 1. The Hall–Kier alpha value is -2.58. The number of sulfonamides is 1. The van der Waals surface area contributed by atoms with Crippen LogP contribution in [0.25, 0.3) is 0 Å². The highest BCUT2D eigenvalue weighted by atomic mass is 32.2. The second-order valence-corrected chi connectivity index (χ2v) is 7.32. The molecule has 8 heteroatoms. The summed E-state index contributed by atoms with van der Waals surface area (Å²) in [6.07, 6.45) is 0.624. The van der Waals surface area contributed by atoms with Crippen LogP contribution in [0.15, 0.2) is 53.4 Å². The lowest BCUT2D eigenvalue weighted by molar-refractivity contribution is -0.121. The number of methoxy groups -OCH3 is 1. The van der Waals surface area contributed by atoms with E-state index in [1.165, 1.54) is 19.2 Å². The number of phenolic OH excluding ortho intramolecular Hbond substituents is 1. The van der Waals surface area contributed by atoms with Crippen LogP contribution in [0.5, 0.6) is 11.5 Å². The fourth-order valence-corrected chi connectivity index (χ4v) is 3.32. The summed E-state index contributed by atoms with van der Waals surface area (Å²) in [6, 6.07) is 12.9. The monoisotopic (exact) mass is 378 g/mol. The SMILES string of the molecule is COc1ccc(S(=O)(=O)NCCNC(=O)CCc2ccccc2O)cc1. The number of ether oxygens (including phenoxy) is 1. The Labute approximate surface area is 153 Å². The summed E-state index contributed by atoms with van der Waals surface area (Å²) in [5, 5.41) is 12.3. The molecule has 26 heavy (non-hydrogen) atoms. The largest absolute Gasteiger partial charge is 0.508 e. The number of nitrogens with one attached hydrogen (secondary N) is 2. The summed E-state index contributed by atoms with van der Waals surface area (Å²) < 4.78 is 31.7. The number of para-hydroxylation sites is 1. The summed E-state index contributed by atoms with van der Waals surface area (Å²) in [4.78, 5) is 11.9. The number of carbonyl (C=O) groups is 1. The quantitative estimate of drug-likeness (QED) is 0.573. The van der Waals surface area contributed by atoms with Crippen molar-refractivity contribution in [3.8, 4) is 11.5 Å². The smallest absolute Gasteiger partial charge is 0.240 e. The number of amides is 1. The van der Waals surface area contributed by atoms with Gasteiger partial charge in [0.15, 0.2) is 0 Å². The molecular formula is C18H22N2O5S. The predicted molar refractivity (Wildman–Crippen MR) is 97.6 cm³/mol. The minimum Gasteiger partial charge on any atom is -0.508 e. The number of hydrogen-bond acceptors (Lipinski definition) is 5. The average molecular weight is 378 g/mol. The average Bonchev–Trinajstić information content (AvgIpc) is 2.64. The maximum Gasteiger partial charge on any atom is 0.240 e. The number of rotatable bonds is 9. The van der Waals surface area contributed by atoms with E-state index in [-0.39, 0.29) is 36.1 Å². The molecule has 0 aromatic heterocycles. The van der Waals surface area contributed by atoms with Crippen LogP contribution in [0, 0.1) is 0 Å². The number of hydrogen-bond donors (Lipinski definition) is 3. The Morgan fingerprint density at radius 1 is 1.08 bits per heavy atom. The molecule has 0 aliphatic rings. The summed E-state index contributed by atoms with van der Waals surface area (Å²) in [5.74, 6) is 0.519. The van der Waals surface area contributed by atoms with Gasteiger partial charge in [0.25, 0.3) is 0 Å². The van der Waals surface area contributed by atoms with Gasteiger partial charge in [-0.3, -0.25) is 4.79 Å². The number of aromatic hydroxyl groups is 1. The Kier molecular flexibility index (Phi) is 6.99. The molecule has 0 unspecified atom stereocenters. The van der Waals surface area contributed by atoms with Crippen molar-refractivity contribution in [1.82, 2.24) is 10.0 Å². The van der Waals surface area contributed by atoms with Crippen LogP contribution in [0.3, 0.4) is 0 Å². The maximum absolute atomic E-state index is 12.1. The lowest BCUT2D eigenvalue weighted by Gasteiger charge is -2.09. The Morgan fingerprint density at radius 2 is 1.77 bits per heavy atom. The van der Waals surface area contributed by atoms with Gasteiger partial charge in [0.1, 0.15) is 11.5 Å². The first-order valence-corrected chi connectivity index (χ1v) is 9.58. The van der Waals surface area contributed by atoms with E-state index in [4.69, 9.17) is 4.74 Å². The Balaban J connectivity index is 1.73. The van der Waals surface area contributed by atoms with Crippen LogP contribution in [-0.4, -0.2) is 39.6 Å². The summed E-state index contributed by atoms with van der Waals surface area (Å²) in [6.45, 7) is 0.256. The van der Waals surface area contributed by atoms with Crippen LogP contribution in [0.4, 0.5) is 0 Å². The molecule has 0 atom stereocenters. The van der Waals surface area contributed by atoms with Crippen molar-refractivity contribution in [2.45, 2.75) is 17.7 Å². The molecule has 0 radical (unpaired) electrons. The third-order valence-electron chi connectivity index (χ3n) is 3.72. The van der Waals surface area contributed by atoms with Crippen molar-refractivity contribution < 1.29 is 23.1 Å². The summed E-state index contributed by atoms with van der Waals surface area (Å²) >= 11 is 0. The minimum atomic E-state index is -3.63. The minimum absolute atomic E-state index is 0.0800. The zero-order valence-corrected chi connectivity index (χ0v) is 15.3. The number of benzene rings is 2. The molecule has 2 aromatic rings. The van der Waals surface area contributed by atoms with Crippen LogP contribution in [0.1, 0.15) is 12.0 Å². The van der Waals surface area contributed by atoms with Crippen molar-refractivity contribution in [2.75, 3.05) is 20.2 Å². The van der Waals surface area contributed by atoms with Gasteiger partial charge in [0.05, 0.1) is 12.0 Å². The molecule has 0 saturated heterocycles. The first kappa shape index (κ1) is 19.7. The van der Waals surface area contributed by atoms with Gasteiger partial charge < -0.3 is 15.2 Å². The fourth-order valence-electron chi connectivity index (χ4n) is 2.28. The van der Waals surface area contributed by atoms with Gasteiger partial charge in [0, 0.05) is 19.5 Å². The first-order chi connectivity index (χ1) is 12.4. The van der Waals surface area contributed by atoms with E-state index < -0.39 is 10.0 Å². The van der Waals surface area contributed by atoms with Crippen molar-refractivity contribution in [3.05, 3.63) is 54.1 Å². The van der Waals surface area contributed by atoms with E-state index in [1.54, 1.807) is 36.4 Å². The highest BCUT2D eigenvalue weighted by Crippen LogP contribution is 2.17. The number of aryl methyl sites for hydroxylation is 1. The van der Waals surface area contributed by atoms with Crippen molar-refractivity contribution in [3.63, 3.8) is 0 Å². The van der Waals surface area contributed by atoms with Gasteiger partial charge in [0.2, 0.25) is 15.9 Å². The normalized spacial score (nSPS) is 11.1. The zero-order valence-electron chi connectivity index (χ0n) is 14.4. The van der Waals surface area contributed by atoms with Gasteiger partial charge in [-0.2, -0.15) is 0 Å². The van der Waals surface area contributed by atoms with Gasteiger partial charge in [-0.25, -0.2) is 13.1 Å². The van der Waals surface area contributed by atoms with Crippen LogP contribution < -0.4 is 14.8 Å². The molecular weight excluding hydrogens is 356 g/mol. The molecule has 0 heterocycles. The molecule has 0 fully saturated rings. The number of phenols is 1. The first-order valence-electron chi connectivity index (χ1n) is 8.09. The summed E-state index contributed by atoms with van der Waals surface area (Å²) in [7, 11) is -2.13. The fraction of sp³-hybridized carbons (Fsp3) is 0.278. The molecule has 0 bridgehead atoms. The topological polar surface area (TPSA) is 105 Å². The van der Waals surface area contributed by atoms with E-state index in [9.17, 15) is 18.3 Å². The van der Waals surface area contributed by atoms with Crippen LogP contribution in [-0.2, 0) is 21.2 Å². The van der Waals surface area contributed by atoms with Crippen LogP contribution >= 0.6 is 0 Å². The van der Waals surface area contributed by atoms with Crippen molar-refractivity contribution >= 4 is 15.9 Å². The van der Waals surface area contributed by atoms with Gasteiger partial charge in [-0.05, 0) is 42.3 Å². The van der Waals surface area contributed by atoms with E-state index in [2.05, 4.69) is 10.0 Å².